The van der Waals surface area contributed by atoms with Gasteiger partial charge in [0.1, 0.15) is 0 Å². The molecule has 0 spiro atoms. The summed E-state index contributed by atoms with van der Waals surface area (Å²) in [6.45, 7) is 8.78. The van der Waals surface area contributed by atoms with E-state index >= 15 is 0 Å². The van der Waals surface area contributed by atoms with Gasteiger partial charge in [-0.05, 0) is 112 Å². The average Bonchev–Trinajstić information content (AvgIpc) is 3.15. The fraction of sp³-hybridized carbons (Fsp3) is 0.960. The van der Waals surface area contributed by atoms with Crippen LogP contribution in [0.3, 0.4) is 0 Å². The third-order valence-corrected chi connectivity index (χ3v) is 10.4. The molecule has 0 aromatic carbocycles. The number of hydrogen-bond acceptors (Lipinski definition) is 2. The highest BCUT2D eigenvalue weighted by Crippen LogP contribution is 2.64. The van der Waals surface area contributed by atoms with Crippen LogP contribution in [0.15, 0.2) is 0 Å². The van der Waals surface area contributed by atoms with Crippen molar-refractivity contribution in [3.05, 3.63) is 0 Å². The highest BCUT2D eigenvalue weighted by molar-refractivity contribution is 5.80. The maximum atomic E-state index is 12.5. The number of rotatable bonds is 2. The van der Waals surface area contributed by atoms with Gasteiger partial charge in [-0.1, -0.05) is 13.8 Å². The van der Waals surface area contributed by atoms with Crippen LogP contribution in [0.2, 0.25) is 0 Å². The van der Waals surface area contributed by atoms with Crippen LogP contribution < -0.4 is 0 Å². The monoisotopic (exact) mass is 387 g/mol. The maximum absolute atomic E-state index is 12.5. The molecule has 0 unspecified atom stereocenters. The summed E-state index contributed by atoms with van der Waals surface area (Å²) in [4.78, 5) is 14.7. The number of hydrogen-bond donors (Lipinski definition) is 1. The molecule has 1 aliphatic heterocycles. The topological polar surface area (TPSA) is 40.5 Å². The second-order valence-corrected chi connectivity index (χ2v) is 12.0. The van der Waals surface area contributed by atoms with E-state index in [9.17, 15) is 9.90 Å². The Labute approximate surface area is 171 Å². The second kappa shape index (κ2) is 6.72. The zero-order valence-electron chi connectivity index (χ0n) is 18.3. The predicted molar refractivity (Wildman–Crippen MR) is 112 cm³/mol. The minimum absolute atomic E-state index is 0.250. The molecule has 0 aromatic heterocycles. The van der Waals surface area contributed by atoms with Crippen LogP contribution >= 0.6 is 0 Å². The van der Waals surface area contributed by atoms with Gasteiger partial charge < -0.3 is 10.0 Å². The molecular formula is C25H41NO2. The van der Waals surface area contributed by atoms with Crippen LogP contribution in [0.25, 0.3) is 0 Å². The van der Waals surface area contributed by atoms with Gasteiger partial charge >= 0.3 is 0 Å². The molecule has 3 nitrogen and oxygen atoms in total. The maximum Gasteiger partial charge on any atom is 0.225 e. The number of aliphatic hydroxyl groups is 1. The minimum Gasteiger partial charge on any atom is -0.390 e. The lowest BCUT2D eigenvalue weighted by Gasteiger charge is -2.57. The fourth-order valence-corrected chi connectivity index (χ4v) is 8.83. The zero-order valence-corrected chi connectivity index (χ0v) is 18.3. The van der Waals surface area contributed by atoms with Crippen molar-refractivity contribution in [1.29, 1.82) is 0 Å². The van der Waals surface area contributed by atoms with Gasteiger partial charge in [0, 0.05) is 19.0 Å². The summed E-state index contributed by atoms with van der Waals surface area (Å²) in [7, 11) is 0. The number of carbonyl (C=O) groups excluding carboxylic acids is 1. The van der Waals surface area contributed by atoms with Crippen LogP contribution in [0, 0.1) is 46.8 Å². The van der Waals surface area contributed by atoms with Crippen LogP contribution in [-0.4, -0.2) is 34.6 Å². The Bertz CT molecular complexity index is 630. The van der Waals surface area contributed by atoms with E-state index in [0.29, 0.717) is 11.3 Å². The number of likely N-dealkylation sites (tertiary alicyclic amines) is 1. The third kappa shape index (κ3) is 2.97. The summed E-state index contributed by atoms with van der Waals surface area (Å²) in [5.74, 6) is 5.75. The van der Waals surface area contributed by atoms with Crippen molar-refractivity contribution >= 4 is 5.91 Å². The number of carbonyl (C=O) groups is 1. The molecule has 1 saturated heterocycles. The van der Waals surface area contributed by atoms with Gasteiger partial charge in [0.25, 0.3) is 0 Å². The lowest BCUT2D eigenvalue weighted by atomic mass is 9.49. The molecule has 5 aliphatic rings. The molecule has 4 aliphatic carbocycles. The fourth-order valence-electron chi connectivity index (χ4n) is 8.83. The van der Waals surface area contributed by atoms with E-state index < -0.39 is 5.60 Å². The van der Waals surface area contributed by atoms with Crippen molar-refractivity contribution in [3.8, 4) is 0 Å². The summed E-state index contributed by atoms with van der Waals surface area (Å²) in [5, 5.41) is 10.6. The molecule has 0 bridgehead atoms. The van der Waals surface area contributed by atoms with Crippen molar-refractivity contribution in [2.75, 3.05) is 13.1 Å². The Kier molecular flexibility index (Phi) is 4.66. The Morgan fingerprint density at radius 2 is 1.75 bits per heavy atom. The van der Waals surface area contributed by atoms with Gasteiger partial charge in [-0.3, -0.25) is 4.79 Å². The SMILES string of the molecule is C[C@@H]1CCN(C[C@H]2CC[C@H]3[C@@H]4CC[C@@H]5C[C@](C)(O)CC[C@@H]5[C@H]4CC[C@]23C)C1=O. The molecule has 9 atom stereocenters. The Morgan fingerprint density at radius 1 is 0.964 bits per heavy atom. The van der Waals surface area contributed by atoms with E-state index in [2.05, 4.69) is 25.7 Å². The molecule has 5 rings (SSSR count). The first-order valence-electron chi connectivity index (χ1n) is 12.3. The first-order valence-corrected chi connectivity index (χ1v) is 12.3. The quantitative estimate of drug-likeness (QED) is 0.734. The zero-order chi connectivity index (χ0) is 19.7. The third-order valence-electron chi connectivity index (χ3n) is 10.4. The molecule has 0 aromatic rings. The molecule has 158 valence electrons. The summed E-state index contributed by atoms with van der Waals surface area (Å²) in [6.07, 6.45) is 12.6. The average molecular weight is 388 g/mol. The smallest absolute Gasteiger partial charge is 0.225 e. The van der Waals surface area contributed by atoms with Gasteiger partial charge in [-0.15, -0.1) is 0 Å². The standard InChI is InChI=1S/C25H41NO2/c1-16-10-13-26(23(16)27)15-18-5-7-22-21-6-4-17-14-24(2,28)11-8-19(17)20(21)9-12-25(18,22)3/h16-22,28H,4-15H2,1-3H3/t16-,17-,18-,19+,20-,21-,22+,24-,25-/m1/s1. The normalized spacial score (nSPS) is 53.6. The number of nitrogens with zero attached hydrogens (tertiary/aromatic N) is 1. The van der Waals surface area contributed by atoms with E-state index in [0.717, 1.165) is 67.9 Å². The first-order chi connectivity index (χ1) is 13.3. The second-order valence-electron chi connectivity index (χ2n) is 12.0. The van der Waals surface area contributed by atoms with Crippen LogP contribution in [-0.2, 0) is 4.79 Å². The van der Waals surface area contributed by atoms with Gasteiger partial charge in [0.05, 0.1) is 5.60 Å². The van der Waals surface area contributed by atoms with Crippen molar-refractivity contribution < 1.29 is 9.90 Å². The minimum atomic E-state index is -0.408. The summed E-state index contributed by atoms with van der Waals surface area (Å²) in [5.41, 5.74) is 0.0509. The molecule has 28 heavy (non-hydrogen) atoms. The lowest BCUT2D eigenvalue weighted by Crippen LogP contribution is -2.51. The van der Waals surface area contributed by atoms with E-state index in [-0.39, 0.29) is 5.92 Å². The Balaban J connectivity index is 1.30. The van der Waals surface area contributed by atoms with Crippen molar-refractivity contribution in [2.45, 2.75) is 90.6 Å². The van der Waals surface area contributed by atoms with Gasteiger partial charge in [0.15, 0.2) is 0 Å². The highest BCUT2D eigenvalue weighted by Gasteiger charge is 2.57. The van der Waals surface area contributed by atoms with Crippen LogP contribution in [0.1, 0.15) is 85.0 Å². The van der Waals surface area contributed by atoms with Crippen LogP contribution in [0.5, 0.6) is 0 Å². The Hall–Kier alpha value is -0.570. The van der Waals surface area contributed by atoms with E-state index in [1.807, 2.05) is 0 Å². The molecule has 4 saturated carbocycles. The van der Waals surface area contributed by atoms with E-state index in [1.165, 1.54) is 44.9 Å². The molecule has 1 N–H and O–H groups in total. The summed E-state index contributed by atoms with van der Waals surface area (Å²) < 4.78 is 0. The first kappa shape index (κ1) is 19.4. The predicted octanol–water partition coefficient (Wildman–Crippen LogP) is 4.87. The molecule has 3 heteroatoms. The number of fused-ring (bicyclic) bond motifs is 5. The molecule has 1 heterocycles. The summed E-state index contributed by atoms with van der Waals surface area (Å²) >= 11 is 0. The highest BCUT2D eigenvalue weighted by atomic mass is 16.3. The van der Waals surface area contributed by atoms with E-state index in [1.54, 1.807) is 0 Å². The van der Waals surface area contributed by atoms with Gasteiger partial charge in [0.2, 0.25) is 5.91 Å². The van der Waals surface area contributed by atoms with Crippen molar-refractivity contribution in [2.24, 2.45) is 46.8 Å². The van der Waals surface area contributed by atoms with Crippen molar-refractivity contribution in [3.63, 3.8) is 0 Å². The Morgan fingerprint density at radius 3 is 2.50 bits per heavy atom. The molecule has 1 amide bonds. The van der Waals surface area contributed by atoms with Gasteiger partial charge in [-0.2, -0.15) is 0 Å². The largest absolute Gasteiger partial charge is 0.390 e. The van der Waals surface area contributed by atoms with Gasteiger partial charge in [-0.25, -0.2) is 0 Å². The molecule has 0 radical (unpaired) electrons. The lowest BCUT2D eigenvalue weighted by molar-refractivity contribution is -0.132. The number of amides is 1. The molecule has 5 fully saturated rings. The van der Waals surface area contributed by atoms with Crippen molar-refractivity contribution in [1.82, 2.24) is 4.90 Å². The van der Waals surface area contributed by atoms with E-state index in [4.69, 9.17) is 0 Å². The molecular weight excluding hydrogens is 346 g/mol. The van der Waals surface area contributed by atoms with Crippen LogP contribution in [0.4, 0.5) is 0 Å². The summed E-state index contributed by atoms with van der Waals surface area (Å²) in [6, 6.07) is 0.